The minimum atomic E-state index is -0.356. The van der Waals surface area contributed by atoms with Gasteiger partial charge in [-0.15, -0.1) is 0 Å². The van der Waals surface area contributed by atoms with Gasteiger partial charge in [0, 0.05) is 13.1 Å². The molecule has 0 atom stereocenters. The number of ether oxygens (including phenoxy) is 1. The van der Waals surface area contributed by atoms with E-state index in [0.29, 0.717) is 18.8 Å². The van der Waals surface area contributed by atoms with Crippen molar-refractivity contribution in [2.75, 3.05) is 6.54 Å². The third-order valence-corrected chi connectivity index (χ3v) is 3.41. The van der Waals surface area contributed by atoms with Crippen molar-refractivity contribution in [2.45, 2.75) is 13.0 Å². The van der Waals surface area contributed by atoms with E-state index in [1.54, 1.807) is 29.2 Å². The van der Waals surface area contributed by atoms with Crippen molar-refractivity contribution in [2.24, 2.45) is 0 Å². The smallest absolute Gasteiger partial charge is 0.415 e. The second kappa shape index (κ2) is 5.25. The molecule has 0 bridgehead atoms. The molecule has 1 N–H and O–H groups in total. The molecule has 20 heavy (non-hydrogen) atoms. The Kier molecular flexibility index (Phi) is 3.29. The number of carbonyl (C=O) groups excluding carboxylic acids is 1. The first-order valence-corrected chi connectivity index (χ1v) is 6.55. The van der Waals surface area contributed by atoms with E-state index < -0.39 is 0 Å². The van der Waals surface area contributed by atoms with Crippen molar-refractivity contribution >= 4 is 6.09 Å². The number of carbonyl (C=O) groups is 1. The van der Waals surface area contributed by atoms with Gasteiger partial charge in [-0.1, -0.05) is 24.3 Å². The largest absolute Gasteiger partial charge is 0.508 e. The zero-order chi connectivity index (χ0) is 13.9. The quantitative estimate of drug-likeness (QED) is 0.866. The van der Waals surface area contributed by atoms with E-state index in [9.17, 15) is 9.90 Å². The van der Waals surface area contributed by atoms with Crippen LogP contribution in [0.1, 0.15) is 11.1 Å². The molecule has 4 nitrogen and oxygen atoms in total. The van der Waals surface area contributed by atoms with Crippen LogP contribution in [0, 0.1) is 0 Å². The van der Waals surface area contributed by atoms with Crippen molar-refractivity contribution in [1.82, 2.24) is 4.90 Å². The second-order valence-corrected chi connectivity index (χ2v) is 4.81. The molecular weight excluding hydrogens is 254 g/mol. The summed E-state index contributed by atoms with van der Waals surface area (Å²) in [6.07, 6.45) is 0.421. The van der Waals surface area contributed by atoms with Gasteiger partial charge in [-0.2, -0.15) is 0 Å². The Labute approximate surface area is 117 Å². The van der Waals surface area contributed by atoms with Gasteiger partial charge in [-0.05, 0) is 41.8 Å². The lowest BCUT2D eigenvalue weighted by Crippen LogP contribution is -2.37. The Balaban J connectivity index is 1.72. The third-order valence-electron chi connectivity index (χ3n) is 3.41. The maximum absolute atomic E-state index is 12.1. The molecule has 1 aliphatic rings. The Morgan fingerprint density at radius 2 is 1.90 bits per heavy atom. The molecule has 0 aliphatic carbocycles. The summed E-state index contributed by atoms with van der Waals surface area (Å²) in [5, 5.41) is 9.51. The number of phenols is 1. The lowest BCUT2D eigenvalue weighted by atomic mass is 10.00. The fourth-order valence-electron chi connectivity index (χ4n) is 2.35. The van der Waals surface area contributed by atoms with E-state index >= 15 is 0 Å². The fraction of sp³-hybridized carbons (Fsp3) is 0.188. The molecule has 0 unspecified atom stereocenters. The number of hydrogen-bond donors (Lipinski definition) is 1. The molecule has 0 aromatic heterocycles. The lowest BCUT2D eigenvalue weighted by Gasteiger charge is -2.28. The first-order chi connectivity index (χ1) is 9.72. The van der Waals surface area contributed by atoms with Gasteiger partial charge >= 0.3 is 6.09 Å². The summed E-state index contributed by atoms with van der Waals surface area (Å²) < 4.78 is 5.32. The summed E-state index contributed by atoms with van der Waals surface area (Å²) in [6, 6.07) is 14.3. The number of amides is 1. The minimum Gasteiger partial charge on any atom is -0.508 e. The van der Waals surface area contributed by atoms with Crippen LogP contribution in [0.5, 0.6) is 11.5 Å². The van der Waals surface area contributed by atoms with Gasteiger partial charge in [-0.3, -0.25) is 0 Å². The average molecular weight is 269 g/mol. The van der Waals surface area contributed by atoms with E-state index in [1.165, 1.54) is 5.56 Å². The van der Waals surface area contributed by atoms with Crippen molar-refractivity contribution < 1.29 is 14.6 Å². The molecule has 0 saturated heterocycles. The zero-order valence-electron chi connectivity index (χ0n) is 11.0. The maximum atomic E-state index is 12.1. The summed E-state index contributed by atoms with van der Waals surface area (Å²) in [5.74, 6) is 0.765. The number of rotatable bonds is 1. The van der Waals surface area contributed by atoms with Gasteiger partial charge in [0.15, 0.2) is 0 Å². The molecule has 102 valence electrons. The molecule has 2 aromatic carbocycles. The van der Waals surface area contributed by atoms with Crippen LogP contribution in [0.2, 0.25) is 0 Å². The Hall–Kier alpha value is -2.49. The molecule has 1 aliphatic heterocycles. The highest BCUT2D eigenvalue weighted by Gasteiger charge is 2.22. The predicted octanol–water partition coefficient (Wildman–Crippen LogP) is 2.95. The first kappa shape index (κ1) is 12.5. The summed E-state index contributed by atoms with van der Waals surface area (Å²) >= 11 is 0. The highest BCUT2D eigenvalue weighted by molar-refractivity contribution is 5.71. The van der Waals surface area contributed by atoms with E-state index in [1.807, 2.05) is 24.3 Å². The summed E-state index contributed by atoms with van der Waals surface area (Å²) in [4.78, 5) is 13.8. The number of fused-ring (bicyclic) bond motifs is 1. The highest BCUT2D eigenvalue weighted by atomic mass is 16.6. The first-order valence-electron chi connectivity index (χ1n) is 6.55. The van der Waals surface area contributed by atoms with Crippen LogP contribution in [0.15, 0.2) is 48.5 Å². The van der Waals surface area contributed by atoms with Crippen molar-refractivity contribution in [3.63, 3.8) is 0 Å². The van der Waals surface area contributed by atoms with Gasteiger partial charge in [0.1, 0.15) is 11.5 Å². The molecule has 0 spiro atoms. The Morgan fingerprint density at radius 3 is 2.70 bits per heavy atom. The lowest BCUT2D eigenvalue weighted by molar-refractivity contribution is 0.147. The van der Waals surface area contributed by atoms with Crippen molar-refractivity contribution in [3.05, 3.63) is 59.7 Å². The number of nitrogens with zero attached hydrogens (tertiary/aromatic N) is 1. The van der Waals surface area contributed by atoms with Gasteiger partial charge in [0.25, 0.3) is 0 Å². The molecule has 2 aromatic rings. The Bertz CT molecular complexity index is 625. The molecule has 0 radical (unpaired) electrons. The number of phenolic OH excluding ortho intramolecular Hbond substituents is 1. The van der Waals surface area contributed by atoms with Gasteiger partial charge in [-0.25, -0.2) is 4.79 Å². The maximum Gasteiger partial charge on any atom is 0.415 e. The molecule has 0 fully saturated rings. The summed E-state index contributed by atoms with van der Waals surface area (Å²) in [5.41, 5.74) is 2.15. The van der Waals surface area contributed by atoms with E-state index in [0.717, 1.165) is 12.0 Å². The summed E-state index contributed by atoms with van der Waals surface area (Å²) in [6.45, 7) is 1.10. The Morgan fingerprint density at radius 1 is 1.10 bits per heavy atom. The normalized spacial score (nSPS) is 13.7. The molecular formula is C16H15NO3. The molecule has 1 heterocycles. The fourth-order valence-corrected chi connectivity index (χ4v) is 2.35. The van der Waals surface area contributed by atoms with Crippen LogP contribution < -0.4 is 4.74 Å². The second-order valence-electron chi connectivity index (χ2n) is 4.81. The number of hydrogen-bond acceptors (Lipinski definition) is 3. The summed E-state index contributed by atoms with van der Waals surface area (Å²) in [7, 11) is 0. The van der Waals surface area contributed by atoms with Crippen LogP contribution >= 0.6 is 0 Å². The van der Waals surface area contributed by atoms with E-state index in [4.69, 9.17) is 4.74 Å². The minimum absolute atomic E-state index is 0.224. The topological polar surface area (TPSA) is 49.8 Å². The number of benzene rings is 2. The highest BCUT2D eigenvalue weighted by Crippen LogP contribution is 2.23. The van der Waals surface area contributed by atoms with E-state index in [-0.39, 0.29) is 11.8 Å². The van der Waals surface area contributed by atoms with Crippen LogP contribution in [-0.4, -0.2) is 22.6 Å². The SMILES string of the molecule is O=C(Oc1ccccc1)N1CCc2ccc(O)cc2C1. The van der Waals surface area contributed by atoms with Crippen LogP contribution in [0.25, 0.3) is 0 Å². The third kappa shape index (κ3) is 2.59. The van der Waals surface area contributed by atoms with Crippen molar-refractivity contribution in [1.29, 1.82) is 0 Å². The molecule has 4 heteroatoms. The van der Waals surface area contributed by atoms with E-state index in [2.05, 4.69) is 0 Å². The monoisotopic (exact) mass is 269 g/mol. The standard InChI is InChI=1S/C16H15NO3/c18-14-7-6-12-8-9-17(11-13(12)10-14)16(19)20-15-4-2-1-3-5-15/h1-7,10,18H,8-9,11H2. The molecule has 0 saturated carbocycles. The van der Waals surface area contributed by atoms with Crippen LogP contribution in [0.3, 0.4) is 0 Å². The number of para-hydroxylation sites is 1. The number of aromatic hydroxyl groups is 1. The molecule has 3 rings (SSSR count). The van der Waals surface area contributed by atoms with Gasteiger partial charge in [0.05, 0.1) is 0 Å². The average Bonchev–Trinajstić information content (AvgIpc) is 2.47. The van der Waals surface area contributed by atoms with Crippen LogP contribution in [-0.2, 0) is 13.0 Å². The zero-order valence-corrected chi connectivity index (χ0v) is 11.0. The van der Waals surface area contributed by atoms with Gasteiger partial charge in [0.2, 0.25) is 0 Å². The van der Waals surface area contributed by atoms with Crippen LogP contribution in [0.4, 0.5) is 4.79 Å². The van der Waals surface area contributed by atoms with Gasteiger partial charge < -0.3 is 14.7 Å². The predicted molar refractivity (Wildman–Crippen MR) is 74.7 cm³/mol. The van der Waals surface area contributed by atoms with Crippen molar-refractivity contribution in [3.8, 4) is 11.5 Å². The molecule has 1 amide bonds.